The molecule has 2 rings (SSSR count). The van der Waals surface area contributed by atoms with Crippen molar-refractivity contribution in [2.45, 2.75) is 19.8 Å². The van der Waals surface area contributed by atoms with Crippen LogP contribution in [0.25, 0.3) is 0 Å². The van der Waals surface area contributed by atoms with Gasteiger partial charge < -0.3 is 5.11 Å². The van der Waals surface area contributed by atoms with Gasteiger partial charge >= 0.3 is 0 Å². The largest absolute Gasteiger partial charge is 0.508 e. The van der Waals surface area contributed by atoms with Crippen molar-refractivity contribution in [2.75, 3.05) is 0 Å². The van der Waals surface area contributed by atoms with Crippen LogP contribution in [0.4, 0.5) is 0 Å². The van der Waals surface area contributed by atoms with E-state index in [4.69, 9.17) is 0 Å². The summed E-state index contributed by atoms with van der Waals surface area (Å²) in [5.74, 6) is 0.867. The van der Waals surface area contributed by atoms with E-state index in [1.165, 1.54) is 11.1 Å². The van der Waals surface area contributed by atoms with E-state index in [1.807, 2.05) is 6.08 Å². The molecule has 0 saturated heterocycles. The second-order valence-corrected chi connectivity index (χ2v) is 3.58. The molecule has 1 heteroatoms. The van der Waals surface area contributed by atoms with E-state index in [2.05, 4.69) is 25.2 Å². The molecule has 0 amide bonds. The van der Waals surface area contributed by atoms with Gasteiger partial charge in [0.25, 0.3) is 0 Å². The van der Waals surface area contributed by atoms with Crippen LogP contribution < -0.4 is 0 Å². The fourth-order valence-electron chi connectivity index (χ4n) is 1.84. The summed E-state index contributed by atoms with van der Waals surface area (Å²) >= 11 is 0. The number of fused-ring (bicyclic) bond motifs is 1. The zero-order chi connectivity index (χ0) is 9.26. The molecule has 1 N–H and O–H groups in total. The smallest absolute Gasteiger partial charge is 0.115 e. The fourth-order valence-corrected chi connectivity index (χ4v) is 1.84. The molecule has 0 radical (unpaired) electrons. The minimum atomic E-state index is 0.371. The van der Waals surface area contributed by atoms with Gasteiger partial charge in [-0.1, -0.05) is 30.7 Å². The molecule has 0 fully saturated rings. The van der Waals surface area contributed by atoms with Gasteiger partial charge in [-0.15, -0.1) is 0 Å². The fraction of sp³-hybridized carbons (Fsp3) is 0.333. The molecular weight excluding hydrogens is 160 g/mol. The molecule has 0 aliphatic heterocycles. The van der Waals surface area contributed by atoms with Crippen molar-refractivity contribution in [1.29, 1.82) is 0 Å². The number of rotatable bonds is 1. The van der Waals surface area contributed by atoms with E-state index >= 15 is 0 Å². The van der Waals surface area contributed by atoms with Gasteiger partial charge in [-0.3, -0.25) is 0 Å². The summed E-state index contributed by atoms with van der Waals surface area (Å²) in [6.07, 6.45) is 12.3. The molecule has 0 spiro atoms. The van der Waals surface area contributed by atoms with Crippen LogP contribution in [0.15, 0.2) is 47.3 Å². The van der Waals surface area contributed by atoms with E-state index < -0.39 is 0 Å². The van der Waals surface area contributed by atoms with Gasteiger partial charge in [-0.2, -0.15) is 0 Å². The van der Waals surface area contributed by atoms with Gasteiger partial charge in [0, 0.05) is 5.92 Å². The lowest BCUT2D eigenvalue weighted by atomic mass is 9.83. The quantitative estimate of drug-likeness (QED) is 0.646. The van der Waals surface area contributed by atoms with E-state index in [9.17, 15) is 5.11 Å². The van der Waals surface area contributed by atoms with Crippen LogP contribution in [0, 0.1) is 5.92 Å². The molecule has 0 heterocycles. The maximum absolute atomic E-state index is 9.28. The average molecular weight is 174 g/mol. The normalized spacial score (nSPS) is 25.9. The highest BCUT2D eigenvalue weighted by atomic mass is 16.3. The van der Waals surface area contributed by atoms with Gasteiger partial charge in [-0.25, -0.2) is 0 Å². The topological polar surface area (TPSA) is 20.2 Å². The first-order chi connectivity index (χ1) is 6.29. The monoisotopic (exact) mass is 174 g/mol. The summed E-state index contributed by atoms with van der Waals surface area (Å²) < 4.78 is 0. The predicted molar refractivity (Wildman–Crippen MR) is 54.4 cm³/mol. The molecule has 2 aliphatic rings. The Morgan fingerprint density at radius 3 is 3.08 bits per heavy atom. The zero-order valence-electron chi connectivity index (χ0n) is 7.83. The van der Waals surface area contributed by atoms with Crippen molar-refractivity contribution in [3.63, 3.8) is 0 Å². The zero-order valence-corrected chi connectivity index (χ0v) is 7.83. The van der Waals surface area contributed by atoms with Crippen molar-refractivity contribution < 1.29 is 5.11 Å². The summed E-state index contributed by atoms with van der Waals surface area (Å²) in [7, 11) is 0. The highest BCUT2D eigenvalue weighted by Crippen LogP contribution is 2.31. The summed E-state index contributed by atoms with van der Waals surface area (Å²) in [4.78, 5) is 0. The SMILES string of the molecule is CCC1=CC=C2C=C(O)C=CC2C1. The van der Waals surface area contributed by atoms with E-state index in [1.54, 1.807) is 6.08 Å². The van der Waals surface area contributed by atoms with Crippen molar-refractivity contribution in [3.05, 3.63) is 47.3 Å². The highest BCUT2D eigenvalue weighted by Gasteiger charge is 2.17. The van der Waals surface area contributed by atoms with Crippen LogP contribution in [0.2, 0.25) is 0 Å². The Balaban J connectivity index is 2.28. The van der Waals surface area contributed by atoms with Crippen LogP contribution >= 0.6 is 0 Å². The van der Waals surface area contributed by atoms with Crippen molar-refractivity contribution in [1.82, 2.24) is 0 Å². The van der Waals surface area contributed by atoms with Crippen LogP contribution in [-0.2, 0) is 0 Å². The molecule has 2 aliphatic carbocycles. The lowest BCUT2D eigenvalue weighted by Crippen LogP contribution is -2.08. The van der Waals surface area contributed by atoms with E-state index in [-0.39, 0.29) is 0 Å². The molecule has 0 aromatic rings. The Kier molecular flexibility index (Phi) is 2.09. The van der Waals surface area contributed by atoms with E-state index in [0.29, 0.717) is 11.7 Å². The van der Waals surface area contributed by atoms with Crippen LogP contribution in [-0.4, -0.2) is 5.11 Å². The predicted octanol–water partition coefficient (Wildman–Crippen LogP) is 3.28. The Bertz CT molecular complexity index is 329. The first kappa shape index (κ1) is 8.36. The molecule has 0 saturated carbocycles. The molecule has 0 aromatic heterocycles. The molecular formula is C12H14O. The molecule has 0 bridgehead atoms. The van der Waals surface area contributed by atoms with Crippen LogP contribution in [0.5, 0.6) is 0 Å². The Morgan fingerprint density at radius 1 is 1.46 bits per heavy atom. The lowest BCUT2D eigenvalue weighted by molar-refractivity contribution is 0.427. The molecule has 1 atom stereocenters. The Labute approximate surface area is 78.8 Å². The standard InChI is InChI=1S/C12H14O/c1-2-9-3-4-11-8-12(13)6-5-10(11)7-9/h3-6,8,10,13H,2,7H2,1H3. The van der Waals surface area contributed by atoms with Crippen LogP contribution in [0.1, 0.15) is 19.8 Å². The maximum Gasteiger partial charge on any atom is 0.115 e. The number of aliphatic hydroxyl groups excluding tert-OH is 1. The third-order valence-corrected chi connectivity index (χ3v) is 2.69. The Morgan fingerprint density at radius 2 is 2.31 bits per heavy atom. The third kappa shape index (κ3) is 1.59. The van der Waals surface area contributed by atoms with Gasteiger partial charge in [0.2, 0.25) is 0 Å². The first-order valence-electron chi connectivity index (χ1n) is 4.78. The molecule has 0 aromatic carbocycles. The summed E-state index contributed by atoms with van der Waals surface area (Å²) in [6, 6.07) is 0. The highest BCUT2D eigenvalue weighted by molar-refractivity contribution is 5.42. The van der Waals surface area contributed by atoms with Gasteiger partial charge in [-0.05, 0) is 30.6 Å². The first-order valence-corrected chi connectivity index (χ1v) is 4.78. The van der Waals surface area contributed by atoms with Gasteiger partial charge in [0.15, 0.2) is 0 Å². The van der Waals surface area contributed by atoms with Gasteiger partial charge in [0.1, 0.15) is 5.76 Å². The van der Waals surface area contributed by atoms with Crippen molar-refractivity contribution >= 4 is 0 Å². The van der Waals surface area contributed by atoms with Crippen LogP contribution in [0.3, 0.4) is 0 Å². The van der Waals surface area contributed by atoms with Crippen molar-refractivity contribution in [2.24, 2.45) is 5.92 Å². The van der Waals surface area contributed by atoms with E-state index in [0.717, 1.165) is 12.8 Å². The summed E-state index contributed by atoms with van der Waals surface area (Å²) in [6.45, 7) is 2.19. The molecule has 1 unspecified atom stereocenters. The third-order valence-electron chi connectivity index (χ3n) is 2.69. The minimum absolute atomic E-state index is 0.371. The Hall–Kier alpha value is -1.24. The van der Waals surface area contributed by atoms with Gasteiger partial charge in [0.05, 0.1) is 0 Å². The summed E-state index contributed by atoms with van der Waals surface area (Å²) in [5.41, 5.74) is 2.73. The lowest BCUT2D eigenvalue weighted by Gasteiger charge is -2.22. The second kappa shape index (κ2) is 3.25. The maximum atomic E-state index is 9.28. The molecule has 1 nitrogen and oxygen atoms in total. The molecule has 68 valence electrons. The number of allylic oxidation sites excluding steroid dienone is 7. The number of hydrogen-bond acceptors (Lipinski definition) is 1. The van der Waals surface area contributed by atoms with Crippen molar-refractivity contribution in [3.8, 4) is 0 Å². The number of hydrogen-bond donors (Lipinski definition) is 1. The second-order valence-electron chi connectivity index (χ2n) is 3.58. The average Bonchev–Trinajstić information content (AvgIpc) is 2.17. The summed E-state index contributed by atoms with van der Waals surface area (Å²) in [5, 5.41) is 9.28. The molecule has 13 heavy (non-hydrogen) atoms. The number of aliphatic hydroxyl groups is 1. The minimum Gasteiger partial charge on any atom is -0.508 e.